The molecule has 0 aromatic heterocycles. The van der Waals surface area contributed by atoms with Crippen molar-refractivity contribution in [3.8, 4) is 0 Å². The molecule has 2 aromatic carbocycles. The summed E-state index contributed by atoms with van der Waals surface area (Å²) < 4.78 is 0.598. The predicted octanol–water partition coefficient (Wildman–Crippen LogP) is 4.19. The third kappa shape index (κ3) is 3.93. The molecule has 0 spiro atoms. The number of carbonyl (C=O) groups is 1. The zero-order chi connectivity index (χ0) is 15.4. The smallest absolute Gasteiger partial charge is 0.409 e. The van der Waals surface area contributed by atoms with Crippen molar-refractivity contribution in [2.45, 2.75) is 0 Å². The lowest BCUT2D eigenvalue weighted by Crippen LogP contribution is -2.07. The van der Waals surface area contributed by atoms with Crippen molar-refractivity contribution in [1.29, 1.82) is 0 Å². The van der Waals surface area contributed by atoms with Crippen molar-refractivity contribution >= 4 is 44.8 Å². The van der Waals surface area contributed by atoms with Gasteiger partial charge in [0, 0.05) is 21.9 Å². The molecule has 0 aliphatic rings. The summed E-state index contributed by atoms with van der Waals surface area (Å²) in [6, 6.07) is 11.1. The molecule has 0 bridgehead atoms. The fourth-order valence-electron chi connectivity index (χ4n) is 1.72. The summed E-state index contributed by atoms with van der Waals surface area (Å²) in [5.41, 5.74) is 1.13. The minimum atomic E-state index is -1.18. The van der Waals surface area contributed by atoms with Crippen molar-refractivity contribution in [2.24, 2.45) is 0 Å². The van der Waals surface area contributed by atoms with Gasteiger partial charge >= 0.3 is 6.09 Å². The van der Waals surface area contributed by atoms with Gasteiger partial charge in [0.25, 0.3) is 5.69 Å². The Hall–Kier alpha value is -2.61. The number of rotatable bonds is 4. The molecule has 3 N–H and O–H groups in total. The van der Waals surface area contributed by atoms with Gasteiger partial charge in [0.1, 0.15) is 5.69 Å². The van der Waals surface area contributed by atoms with Crippen molar-refractivity contribution in [3.63, 3.8) is 0 Å². The lowest BCUT2D eigenvalue weighted by Gasteiger charge is -2.09. The van der Waals surface area contributed by atoms with Crippen LogP contribution >= 0.6 is 15.9 Å². The van der Waals surface area contributed by atoms with Crippen LogP contribution in [0.3, 0.4) is 0 Å². The number of benzene rings is 2. The average Bonchev–Trinajstić information content (AvgIpc) is 2.40. The van der Waals surface area contributed by atoms with Crippen LogP contribution in [0.25, 0.3) is 0 Å². The van der Waals surface area contributed by atoms with Crippen LogP contribution in [0, 0.1) is 10.1 Å². The monoisotopic (exact) mass is 351 g/mol. The Labute approximate surface area is 127 Å². The van der Waals surface area contributed by atoms with E-state index in [1.807, 2.05) is 0 Å². The molecule has 1 amide bonds. The second-order valence-electron chi connectivity index (χ2n) is 4.05. The number of carboxylic acid groups (broad SMARTS) is 1. The van der Waals surface area contributed by atoms with Crippen molar-refractivity contribution in [2.75, 3.05) is 10.6 Å². The summed E-state index contributed by atoms with van der Waals surface area (Å²) in [7, 11) is 0. The highest BCUT2D eigenvalue weighted by Gasteiger charge is 2.14. The molecular weight excluding hydrogens is 342 g/mol. The van der Waals surface area contributed by atoms with Gasteiger partial charge in [0.2, 0.25) is 0 Å². The Morgan fingerprint density at radius 2 is 1.90 bits per heavy atom. The van der Waals surface area contributed by atoms with E-state index >= 15 is 0 Å². The molecule has 108 valence electrons. The van der Waals surface area contributed by atoms with Crippen molar-refractivity contribution in [3.05, 3.63) is 57.1 Å². The average molecular weight is 352 g/mol. The number of nitrogens with zero attached hydrogens (tertiary/aromatic N) is 1. The molecule has 2 rings (SSSR count). The Kier molecular flexibility index (Phi) is 4.39. The first-order valence-corrected chi connectivity index (χ1v) is 6.56. The minimum Gasteiger partial charge on any atom is -0.465 e. The van der Waals surface area contributed by atoms with E-state index in [2.05, 4.69) is 26.6 Å². The third-order valence-electron chi connectivity index (χ3n) is 2.55. The maximum Gasteiger partial charge on any atom is 0.409 e. The van der Waals surface area contributed by atoms with Crippen LogP contribution in [0.4, 0.5) is 27.5 Å². The maximum atomic E-state index is 11.0. The van der Waals surface area contributed by atoms with Gasteiger partial charge in [-0.2, -0.15) is 0 Å². The fraction of sp³-hybridized carbons (Fsp3) is 0. The van der Waals surface area contributed by atoms with Crippen LogP contribution in [0.15, 0.2) is 46.9 Å². The second-order valence-corrected chi connectivity index (χ2v) is 4.97. The number of hydrogen-bond donors (Lipinski definition) is 3. The van der Waals surface area contributed by atoms with Gasteiger partial charge in [-0.05, 0) is 30.3 Å². The van der Waals surface area contributed by atoms with Crippen molar-refractivity contribution in [1.82, 2.24) is 0 Å². The Bertz CT molecular complexity index is 706. The molecule has 0 saturated heterocycles. The van der Waals surface area contributed by atoms with Gasteiger partial charge in [-0.15, -0.1) is 0 Å². The number of amides is 1. The van der Waals surface area contributed by atoms with Gasteiger partial charge in [-0.25, -0.2) is 4.79 Å². The van der Waals surface area contributed by atoms with E-state index in [1.165, 1.54) is 6.07 Å². The minimum absolute atomic E-state index is 0.0824. The molecule has 8 heteroatoms. The predicted molar refractivity (Wildman–Crippen MR) is 82.2 cm³/mol. The number of nitrogens with one attached hydrogen (secondary N) is 2. The van der Waals surface area contributed by atoms with Gasteiger partial charge in [0.15, 0.2) is 0 Å². The van der Waals surface area contributed by atoms with E-state index < -0.39 is 11.0 Å². The molecule has 0 aliphatic heterocycles. The van der Waals surface area contributed by atoms with E-state index in [-0.39, 0.29) is 5.69 Å². The largest absolute Gasteiger partial charge is 0.465 e. The molecule has 0 aliphatic carbocycles. The molecule has 2 aromatic rings. The summed E-state index contributed by atoms with van der Waals surface area (Å²) in [6.45, 7) is 0. The Morgan fingerprint density at radius 3 is 2.57 bits per heavy atom. The first-order chi connectivity index (χ1) is 9.95. The van der Waals surface area contributed by atoms with Crippen LogP contribution in [0.5, 0.6) is 0 Å². The zero-order valence-electron chi connectivity index (χ0n) is 10.5. The number of halogens is 1. The number of nitro groups is 1. The molecule has 21 heavy (non-hydrogen) atoms. The lowest BCUT2D eigenvalue weighted by molar-refractivity contribution is -0.384. The standard InChI is InChI=1S/C13H10BrN3O4/c14-8-4-5-11(12(6-8)17(20)21)15-9-2-1-3-10(7-9)16-13(18)19/h1-7,15-16H,(H,18,19). The van der Waals surface area contributed by atoms with E-state index in [1.54, 1.807) is 36.4 Å². The summed E-state index contributed by atoms with van der Waals surface area (Å²) in [5.74, 6) is 0. The SMILES string of the molecule is O=C(O)Nc1cccc(Nc2ccc(Br)cc2[N+](=O)[O-])c1. The topological polar surface area (TPSA) is 104 Å². The fourth-order valence-corrected chi connectivity index (χ4v) is 2.06. The van der Waals surface area contributed by atoms with E-state index in [0.717, 1.165) is 0 Å². The van der Waals surface area contributed by atoms with Crippen LogP contribution in [0.1, 0.15) is 0 Å². The quantitative estimate of drug-likeness (QED) is 0.565. The zero-order valence-corrected chi connectivity index (χ0v) is 12.1. The molecule has 0 radical (unpaired) electrons. The van der Waals surface area contributed by atoms with E-state index in [0.29, 0.717) is 21.5 Å². The molecule has 7 nitrogen and oxygen atoms in total. The molecule has 0 atom stereocenters. The molecule has 0 saturated carbocycles. The normalized spacial score (nSPS) is 9.95. The summed E-state index contributed by atoms with van der Waals surface area (Å²) in [6.07, 6.45) is -1.18. The highest BCUT2D eigenvalue weighted by atomic mass is 79.9. The lowest BCUT2D eigenvalue weighted by atomic mass is 10.2. The van der Waals surface area contributed by atoms with Crippen molar-refractivity contribution < 1.29 is 14.8 Å². The third-order valence-corrected chi connectivity index (χ3v) is 3.04. The molecule has 0 heterocycles. The second kappa shape index (κ2) is 6.23. The van der Waals surface area contributed by atoms with Crippen LogP contribution in [-0.4, -0.2) is 16.1 Å². The molecule has 0 unspecified atom stereocenters. The number of nitro benzene ring substituents is 1. The summed E-state index contributed by atoms with van der Waals surface area (Å²) in [4.78, 5) is 21.1. The highest BCUT2D eigenvalue weighted by molar-refractivity contribution is 9.10. The van der Waals surface area contributed by atoms with E-state index in [4.69, 9.17) is 5.11 Å². The Morgan fingerprint density at radius 1 is 1.19 bits per heavy atom. The summed E-state index contributed by atoms with van der Waals surface area (Å²) >= 11 is 3.18. The van der Waals surface area contributed by atoms with Crippen LogP contribution < -0.4 is 10.6 Å². The number of hydrogen-bond acceptors (Lipinski definition) is 4. The molecule has 0 fully saturated rings. The highest BCUT2D eigenvalue weighted by Crippen LogP contribution is 2.31. The van der Waals surface area contributed by atoms with E-state index in [9.17, 15) is 14.9 Å². The van der Waals surface area contributed by atoms with Gasteiger partial charge < -0.3 is 10.4 Å². The van der Waals surface area contributed by atoms with Crippen LogP contribution in [-0.2, 0) is 0 Å². The van der Waals surface area contributed by atoms with Gasteiger partial charge in [-0.3, -0.25) is 15.4 Å². The Balaban J connectivity index is 2.30. The summed E-state index contributed by atoms with van der Waals surface area (Å²) in [5, 5.41) is 24.8. The molecular formula is C13H10BrN3O4. The number of anilines is 3. The first kappa shape index (κ1) is 14.8. The maximum absolute atomic E-state index is 11.0. The van der Waals surface area contributed by atoms with Gasteiger partial charge in [0.05, 0.1) is 4.92 Å². The van der Waals surface area contributed by atoms with Crippen LogP contribution in [0.2, 0.25) is 0 Å². The van der Waals surface area contributed by atoms with Gasteiger partial charge in [-0.1, -0.05) is 22.0 Å². The first-order valence-electron chi connectivity index (χ1n) is 5.76.